The second-order valence-corrected chi connectivity index (χ2v) is 9.89. The number of carbonyl (C=O) groups is 1. The van der Waals surface area contributed by atoms with E-state index < -0.39 is 22.0 Å². The molecule has 0 heterocycles. The number of hydrogen-bond donors (Lipinski definition) is 2. The van der Waals surface area contributed by atoms with E-state index in [4.69, 9.17) is 14.2 Å². The number of ether oxygens (including phenoxy) is 3. The molecule has 2 N–H and O–H groups in total. The Kier molecular flexibility index (Phi) is 8.27. The second-order valence-electron chi connectivity index (χ2n) is 8.21. The van der Waals surface area contributed by atoms with Gasteiger partial charge in [0.1, 0.15) is 11.8 Å². The van der Waals surface area contributed by atoms with Gasteiger partial charge < -0.3 is 19.5 Å². The van der Waals surface area contributed by atoms with Crippen LogP contribution in [0, 0.1) is 0 Å². The van der Waals surface area contributed by atoms with E-state index >= 15 is 0 Å². The van der Waals surface area contributed by atoms with Gasteiger partial charge in [0.05, 0.1) is 38.0 Å². The molecule has 0 amide bonds. The van der Waals surface area contributed by atoms with Crippen molar-refractivity contribution in [3.05, 3.63) is 96.6 Å². The Morgan fingerprint density at radius 2 is 1.43 bits per heavy atom. The summed E-state index contributed by atoms with van der Waals surface area (Å²) >= 11 is 0. The number of fused-ring (bicyclic) bond motifs is 1. The number of sulfonamides is 1. The van der Waals surface area contributed by atoms with Crippen molar-refractivity contribution in [1.29, 1.82) is 0 Å². The molecule has 0 aromatic heterocycles. The van der Waals surface area contributed by atoms with Gasteiger partial charge in [-0.3, -0.25) is 4.72 Å². The largest absolute Gasteiger partial charge is 0.497 e. The molecule has 1 atom stereocenters. The third-order valence-electron chi connectivity index (χ3n) is 5.75. The van der Waals surface area contributed by atoms with Gasteiger partial charge in [0, 0.05) is 16.5 Å². The standard InChI is InChI=1S/C28H28N2O6S/c1-34-21-12-14-22(15-13-21)37(32,33)30-26-17-16-25(23-10-6-7-11-24(23)26)29-27(28(31)35-2)19-36-18-20-8-4-3-5-9-20/h3-17,27,29-30H,18-19H2,1-2H3. The van der Waals surface area contributed by atoms with E-state index in [-0.39, 0.29) is 11.5 Å². The van der Waals surface area contributed by atoms with Crippen molar-refractivity contribution in [2.75, 3.05) is 30.9 Å². The predicted molar refractivity (Wildman–Crippen MR) is 143 cm³/mol. The van der Waals surface area contributed by atoms with Crippen LogP contribution in [0.2, 0.25) is 0 Å². The maximum atomic E-state index is 13.0. The number of anilines is 2. The molecule has 4 rings (SSSR count). The van der Waals surface area contributed by atoms with Crippen LogP contribution in [0.3, 0.4) is 0 Å². The van der Waals surface area contributed by atoms with Gasteiger partial charge in [-0.05, 0) is 42.0 Å². The highest BCUT2D eigenvalue weighted by Crippen LogP contribution is 2.32. The zero-order valence-electron chi connectivity index (χ0n) is 20.5. The van der Waals surface area contributed by atoms with Crippen LogP contribution in [-0.2, 0) is 30.9 Å². The van der Waals surface area contributed by atoms with Crippen molar-refractivity contribution in [3.8, 4) is 5.75 Å². The minimum atomic E-state index is -3.84. The molecule has 0 saturated carbocycles. The van der Waals surface area contributed by atoms with Gasteiger partial charge in [-0.2, -0.15) is 0 Å². The molecule has 192 valence electrons. The minimum Gasteiger partial charge on any atom is -0.497 e. The fourth-order valence-electron chi connectivity index (χ4n) is 3.84. The van der Waals surface area contributed by atoms with Gasteiger partial charge in [-0.15, -0.1) is 0 Å². The first-order valence-electron chi connectivity index (χ1n) is 11.6. The van der Waals surface area contributed by atoms with E-state index in [2.05, 4.69) is 10.0 Å². The zero-order chi connectivity index (χ0) is 26.3. The van der Waals surface area contributed by atoms with Crippen LogP contribution in [0.15, 0.2) is 95.9 Å². The van der Waals surface area contributed by atoms with Crippen LogP contribution in [-0.4, -0.2) is 41.3 Å². The zero-order valence-corrected chi connectivity index (χ0v) is 21.3. The number of rotatable bonds is 11. The Morgan fingerprint density at radius 3 is 2.08 bits per heavy atom. The van der Waals surface area contributed by atoms with E-state index in [0.717, 1.165) is 10.9 Å². The van der Waals surface area contributed by atoms with Gasteiger partial charge >= 0.3 is 5.97 Å². The summed E-state index contributed by atoms with van der Waals surface area (Å²) in [5.74, 6) is 0.0918. The molecular weight excluding hydrogens is 492 g/mol. The van der Waals surface area contributed by atoms with E-state index in [1.165, 1.54) is 26.4 Å². The van der Waals surface area contributed by atoms with Gasteiger partial charge in [0.2, 0.25) is 0 Å². The second kappa shape index (κ2) is 11.8. The van der Waals surface area contributed by atoms with Crippen molar-refractivity contribution in [2.45, 2.75) is 17.5 Å². The molecule has 0 fully saturated rings. The van der Waals surface area contributed by atoms with Crippen LogP contribution < -0.4 is 14.8 Å². The van der Waals surface area contributed by atoms with Gasteiger partial charge in [0.25, 0.3) is 10.0 Å². The Bertz CT molecular complexity index is 1460. The lowest BCUT2D eigenvalue weighted by Crippen LogP contribution is -2.35. The van der Waals surface area contributed by atoms with Crippen LogP contribution in [0.1, 0.15) is 5.56 Å². The Hall–Kier alpha value is -4.08. The molecule has 0 radical (unpaired) electrons. The highest BCUT2D eigenvalue weighted by atomic mass is 32.2. The summed E-state index contributed by atoms with van der Waals surface area (Å²) in [5, 5.41) is 4.60. The number of hydrogen-bond acceptors (Lipinski definition) is 7. The van der Waals surface area contributed by atoms with Crippen LogP contribution >= 0.6 is 0 Å². The van der Waals surface area contributed by atoms with Crippen molar-refractivity contribution < 1.29 is 27.4 Å². The lowest BCUT2D eigenvalue weighted by molar-refractivity contribution is -0.143. The number of nitrogens with one attached hydrogen (secondary N) is 2. The van der Waals surface area contributed by atoms with E-state index in [0.29, 0.717) is 29.1 Å². The molecule has 0 aliphatic heterocycles. The van der Waals surface area contributed by atoms with Crippen LogP contribution in [0.5, 0.6) is 5.75 Å². The first kappa shape index (κ1) is 26.0. The van der Waals surface area contributed by atoms with Crippen molar-refractivity contribution in [1.82, 2.24) is 0 Å². The maximum absolute atomic E-state index is 13.0. The lowest BCUT2D eigenvalue weighted by atomic mass is 10.1. The van der Waals surface area contributed by atoms with Crippen LogP contribution in [0.25, 0.3) is 10.8 Å². The smallest absolute Gasteiger partial charge is 0.330 e. The summed E-state index contributed by atoms with van der Waals surface area (Å²) in [7, 11) is -1.00. The number of carbonyl (C=O) groups excluding carboxylic acids is 1. The molecule has 0 spiro atoms. The summed E-state index contributed by atoms with van der Waals surface area (Å²) < 4.78 is 44.6. The number of benzene rings is 4. The molecule has 0 bridgehead atoms. The van der Waals surface area contributed by atoms with E-state index in [1.807, 2.05) is 54.6 Å². The summed E-state index contributed by atoms with van der Waals surface area (Å²) in [6, 6.07) is 25.7. The molecule has 4 aromatic rings. The molecule has 9 heteroatoms. The Morgan fingerprint density at radius 1 is 0.811 bits per heavy atom. The first-order valence-corrected chi connectivity index (χ1v) is 13.0. The summed E-state index contributed by atoms with van der Waals surface area (Å²) in [6.07, 6.45) is 0. The predicted octanol–water partition coefficient (Wildman–Crippen LogP) is 4.82. The fourth-order valence-corrected chi connectivity index (χ4v) is 4.92. The average molecular weight is 521 g/mol. The third-order valence-corrected chi connectivity index (χ3v) is 7.13. The Balaban J connectivity index is 1.56. The SMILES string of the molecule is COC(=O)C(COCc1ccccc1)Nc1ccc(NS(=O)(=O)c2ccc(OC)cc2)c2ccccc12. The molecule has 4 aromatic carbocycles. The average Bonchev–Trinajstić information content (AvgIpc) is 2.93. The molecule has 37 heavy (non-hydrogen) atoms. The lowest BCUT2D eigenvalue weighted by Gasteiger charge is -2.20. The van der Waals surface area contributed by atoms with Gasteiger partial charge in [-0.1, -0.05) is 54.6 Å². The third kappa shape index (κ3) is 6.38. The first-order chi connectivity index (χ1) is 17.9. The fraction of sp³-hybridized carbons (Fsp3) is 0.179. The maximum Gasteiger partial charge on any atom is 0.330 e. The van der Waals surface area contributed by atoms with Crippen LogP contribution in [0.4, 0.5) is 11.4 Å². The molecule has 0 aliphatic rings. The summed E-state index contributed by atoms with van der Waals surface area (Å²) in [6.45, 7) is 0.435. The molecule has 1 unspecified atom stereocenters. The summed E-state index contributed by atoms with van der Waals surface area (Å²) in [4.78, 5) is 12.6. The molecule has 0 aliphatic carbocycles. The molecule has 0 saturated heterocycles. The van der Waals surface area contributed by atoms with E-state index in [9.17, 15) is 13.2 Å². The molecular formula is C28H28N2O6S. The quantitative estimate of drug-likeness (QED) is 0.273. The minimum absolute atomic E-state index is 0.0851. The normalized spacial score (nSPS) is 12.1. The van der Waals surface area contributed by atoms with Crippen molar-refractivity contribution in [3.63, 3.8) is 0 Å². The van der Waals surface area contributed by atoms with E-state index in [1.54, 1.807) is 24.3 Å². The highest BCUT2D eigenvalue weighted by Gasteiger charge is 2.22. The number of methoxy groups -OCH3 is 2. The number of esters is 1. The van der Waals surface area contributed by atoms with Gasteiger partial charge in [0.15, 0.2) is 0 Å². The van der Waals surface area contributed by atoms with Crippen molar-refractivity contribution >= 4 is 38.1 Å². The monoisotopic (exact) mass is 520 g/mol. The van der Waals surface area contributed by atoms with Gasteiger partial charge in [-0.25, -0.2) is 13.2 Å². The molecule has 8 nitrogen and oxygen atoms in total. The van der Waals surface area contributed by atoms with Crippen molar-refractivity contribution in [2.24, 2.45) is 0 Å². The highest BCUT2D eigenvalue weighted by molar-refractivity contribution is 7.92. The Labute approximate surface area is 216 Å². The topological polar surface area (TPSA) is 103 Å². The summed E-state index contributed by atoms with van der Waals surface area (Å²) in [5.41, 5.74) is 2.04.